The van der Waals surface area contributed by atoms with Gasteiger partial charge < -0.3 is 5.73 Å². The van der Waals surface area contributed by atoms with Crippen LogP contribution in [0.3, 0.4) is 0 Å². The number of hydrogen-bond donors (Lipinski definition) is 1. The molecule has 0 saturated carbocycles. The number of halogens is 3. The molecule has 0 saturated heterocycles. The van der Waals surface area contributed by atoms with Crippen molar-refractivity contribution in [2.75, 3.05) is 5.73 Å². The average Bonchev–Trinajstić information content (AvgIpc) is 2.64. The van der Waals surface area contributed by atoms with E-state index >= 15 is 0 Å². The summed E-state index contributed by atoms with van der Waals surface area (Å²) in [6.07, 6.45) is 0. The normalized spacial score (nSPS) is 10.3. The number of nitrogens with zero attached hydrogens (tertiary/aromatic N) is 3. The van der Waals surface area contributed by atoms with E-state index in [0.29, 0.717) is 0 Å². The predicted molar refractivity (Wildman–Crippen MR) is 70.3 cm³/mol. The van der Waals surface area contributed by atoms with Gasteiger partial charge in [0.05, 0.1) is 17.3 Å². The molecule has 0 aliphatic rings. The van der Waals surface area contributed by atoms with Crippen LogP contribution in [-0.2, 0) is 0 Å². The molecular formula is C12H7BrF2N4O. The first-order chi connectivity index (χ1) is 9.36. The van der Waals surface area contributed by atoms with E-state index in [0.717, 1.165) is 16.8 Å². The number of Topliss-reactive ketones (excluding diaryl/α,β-unsaturated/α-hetero) is 1. The van der Waals surface area contributed by atoms with Gasteiger partial charge in [0.1, 0.15) is 11.4 Å². The molecule has 0 radical (unpaired) electrons. The maximum atomic E-state index is 13.9. The van der Waals surface area contributed by atoms with Crippen LogP contribution in [0.1, 0.15) is 23.0 Å². The van der Waals surface area contributed by atoms with E-state index in [-0.39, 0.29) is 21.5 Å². The lowest BCUT2D eigenvalue weighted by Gasteiger charge is -2.08. The van der Waals surface area contributed by atoms with Gasteiger partial charge in [0.2, 0.25) is 0 Å². The fraction of sp³-hybridized carbons (Fsp3) is 0.0833. The van der Waals surface area contributed by atoms with Crippen LogP contribution in [-0.4, -0.2) is 15.6 Å². The lowest BCUT2D eigenvalue weighted by molar-refractivity contribution is 0.101. The van der Waals surface area contributed by atoms with Gasteiger partial charge in [-0.15, -0.1) is 0 Å². The molecule has 2 N–H and O–H groups in total. The van der Waals surface area contributed by atoms with Crippen molar-refractivity contribution in [3.8, 4) is 11.8 Å². The molecular weight excluding hydrogens is 334 g/mol. The Labute approximate surface area is 120 Å². The van der Waals surface area contributed by atoms with Crippen LogP contribution in [0.2, 0.25) is 0 Å². The summed E-state index contributed by atoms with van der Waals surface area (Å²) in [6.45, 7) is 1.20. The maximum Gasteiger partial charge on any atom is 0.180 e. The molecule has 0 unspecified atom stereocenters. The number of aromatic nitrogens is 2. The molecule has 0 bridgehead atoms. The minimum Gasteiger partial charge on any atom is -0.395 e. The Morgan fingerprint density at radius 2 is 2.00 bits per heavy atom. The van der Waals surface area contributed by atoms with Crippen LogP contribution in [0.15, 0.2) is 16.7 Å². The molecule has 5 nitrogen and oxygen atoms in total. The van der Waals surface area contributed by atoms with Crippen molar-refractivity contribution in [3.63, 3.8) is 0 Å². The molecule has 1 aromatic heterocycles. The Morgan fingerprint density at radius 1 is 1.45 bits per heavy atom. The van der Waals surface area contributed by atoms with E-state index in [1.54, 1.807) is 6.07 Å². The maximum absolute atomic E-state index is 13.9. The van der Waals surface area contributed by atoms with Crippen LogP contribution in [0.4, 0.5) is 14.5 Å². The van der Waals surface area contributed by atoms with E-state index in [9.17, 15) is 13.6 Å². The molecule has 102 valence electrons. The van der Waals surface area contributed by atoms with Crippen LogP contribution in [0, 0.1) is 23.0 Å². The monoisotopic (exact) mass is 340 g/mol. The summed E-state index contributed by atoms with van der Waals surface area (Å²) in [5.41, 5.74) is 4.76. The Balaban J connectivity index is 2.80. The highest BCUT2D eigenvalue weighted by Crippen LogP contribution is 2.28. The molecule has 0 aliphatic carbocycles. The predicted octanol–water partition coefficient (Wildman–Crippen LogP) is 2.57. The van der Waals surface area contributed by atoms with Crippen molar-refractivity contribution >= 4 is 27.4 Å². The molecule has 1 heterocycles. The molecule has 2 aromatic rings. The van der Waals surface area contributed by atoms with Gasteiger partial charge in [-0.3, -0.25) is 4.79 Å². The lowest BCUT2D eigenvalue weighted by atomic mass is 10.2. The number of benzene rings is 1. The van der Waals surface area contributed by atoms with Crippen molar-refractivity contribution in [3.05, 3.63) is 39.6 Å². The highest BCUT2D eigenvalue weighted by molar-refractivity contribution is 9.10. The van der Waals surface area contributed by atoms with Crippen molar-refractivity contribution in [1.82, 2.24) is 9.78 Å². The van der Waals surface area contributed by atoms with Gasteiger partial charge in [0, 0.05) is 6.92 Å². The fourth-order valence-corrected chi connectivity index (χ4v) is 2.08. The third-order valence-corrected chi connectivity index (χ3v) is 3.15. The number of anilines is 1. The van der Waals surface area contributed by atoms with Gasteiger partial charge in [0.15, 0.2) is 22.0 Å². The molecule has 20 heavy (non-hydrogen) atoms. The number of carbonyl (C=O) groups excluding carboxylic acids is 1. The largest absolute Gasteiger partial charge is 0.395 e. The van der Waals surface area contributed by atoms with E-state index in [4.69, 9.17) is 11.0 Å². The molecule has 0 amide bonds. The van der Waals surface area contributed by atoms with Gasteiger partial charge >= 0.3 is 0 Å². The van der Waals surface area contributed by atoms with E-state index in [1.165, 1.54) is 6.92 Å². The fourth-order valence-electron chi connectivity index (χ4n) is 1.74. The smallest absolute Gasteiger partial charge is 0.180 e. The number of rotatable bonds is 2. The molecule has 0 aliphatic heterocycles. The first-order valence-electron chi connectivity index (χ1n) is 5.31. The second-order valence-corrected chi connectivity index (χ2v) is 4.67. The van der Waals surface area contributed by atoms with Gasteiger partial charge in [-0.25, -0.2) is 13.5 Å². The molecule has 1 aromatic carbocycles. The van der Waals surface area contributed by atoms with Crippen LogP contribution >= 0.6 is 15.9 Å². The van der Waals surface area contributed by atoms with Crippen molar-refractivity contribution in [2.24, 2.45) is 0 Å². The SMILES string of the molecule is CC(=O)c1c(N)c(Br)nn1-c1c(F)cc(C#N)cc1F. The summed E-state index contributed by atoms with van der Waals surface area (Å²) < 4.78 is 28.8. The van der Waals surface area contributed by atoms with Crippen LogP contribution < -0.4 is 5.73 Å². The Bertz CT molecular complexity index is 741. The Morgan fingerprint density at radius 3 is 2.45 bits per heavy atom. The number of hydrogen-bond acceptors (Lipinski definition) is 4. The first kappa shape index (κ1) is 14.1. The average molecular weight is 341 g/mol. The summed E-state index contributed by atoms with van der Waals surface area (Å²) >= 11 is 3.00. The molecule has 8 heteroatoms. The summed E-state index contributed by atoms with van der Waals surface area (Å²) in [6, 6.07) is 3.34. The third-order valence-electron chi connectivity index (χ3n) is 2.57. The van der Waals surface area contributed by atoms with Crippen molar-refractivity contribution in [2.45, 2.75) is 6.92 Å². The number of nitrogen functional groups attached to an aromatic ring is 1. The molecule has 0 atom stereocenters. The summed E-state index contributed by atoms with van der Waals surface area (Å²) in [4.78, 5) is 11.6. The lowest BCUT2D eigenvalue weighted by Crippen LogP contribution is -2.11. The Kier molecular flexibility index (Phi) is 3.55. The van der Waals surface area contributed by atoms with Crippen LogP contribution in [0.25, 0.3) is 5.69 Å². The molecule has 2 rings (SSSR count). The summed E-state index contributed by atoms with van der Waals surface area (Å²) in [5, 5.41) is 12.5. The van der Waals surface area contributed by atoms with Gasteiger partial charge in [-0.05, 0) is 28.1 Å². The zero-order valence-electron chi connectivity index (χ0n) is 10.1. The number of nitriles is 1. The zero-order chi connectivity index (χ0) is 15.0. The quantitative estimate of drug-likeness (QED) is 0.851. The van der Waals surface area contributed by atoms with Crippen molar-refractivity contribution < 1.29 is 13.6 Å². The highest BCUT2D eigenvalue weighted by Gasteiger charge is 2.23. The zero-order valence-corrected chi connectivity index (χ0v) is 11.7. The van der Waals surface area contributed by atoms with Crippen molar-refractivity contribution in [1.29, 1.82) is 5.26 Å². The highest BCUT2D eigenvalue weighted by atomic mass is 79.9. The number of nitrogens with two attached hydrogens (primary N) is 1. The van der Waals surface area contributed by atoms with Gasteiger partial charge in [-0.1, -0.05) is 0 Å². The summed E-state index contributed by atoms with van der Waals surface area (Å²) in [5.74, 6) is -2.53. The minimum absolute atomic E-state index is 0.0133. The van der Waals surface area contributed by atoms with Crippen LogP contribution in [0.5, 0.6) is 0 Å². The molecule has 0 spiro atoms. The second kappa shape index (κ2) is 5.02. The Hall–Kier alpha value is -2.27. The first-order valence-corrected chi connectivity index (χ1v) is 6.10. The van der Waals surface area contributed by atoms with E-state index < -0.39 is 23.1 Å². The summed E-state index contributed by atoms with van der Waals surface area (Å²) in [7, 11) is 0. The van der Waals surface area contributed by atoms with Gasteiger partial charge in [-0.2, -0.15) is 10.4 Å². The third kappa shape index (κ3) is 2.16. The van der Waals surface area contributed by atoms with E-state index in [2.05, 4.69) is 21.0 Å². The van der Waals surface area contributed by atoms with E-state index in [1.807, 2.05) is 0 Å². The number of carbonyl (C=O) groups is 1. The minimum atomic E-state index is -1.01. The second-order valence-electron chi connectivity index (χ2n) is 3.92. The molecule has 0 fully saturated rings. The topological polar surface area (TPSA) is 84.7 Å². The van der Waals surface area contributed by atoms with Gasteiger partial charge in [0.25, 0.3) is 0 Å². The number of ketones is 1. The standard InChI is InChI=1S/C12H7BrF2N4O/c1-5(20)10-9(17)12(13)18-19(10)11-7(14)2-6(4-16)3-8(11)15/h2-3H,17H2,1H3.